The maximum atomic E-state index is 12.5. The molecule has 4 rings (SSSR count). The van der Waals surface area contributed by atoms with Gasteiger partial charge in [-0.2, -0.15) is 0 Å². The van der Waals surface area contributed by atoms with Crippen LogP contribution in [0.3, 0.4) is 0 Å². The molecular weight excluding hydrogens is 300 g/mol. The summed E-state index contributed by atoms with van der Waals surface area (Å²) in [5.74, 6) is 1.50. The summed E-state index contributed by atoms with van der Waals surface area (Å²) in [6.45, 7) is 0. The Balaban J connectivity index is 1.89. The summed E-state index contributed by atoms with van der Waals surface area (Å²) in [5.41, 5.74) is 3.37. The van der Waals surface area contributed by atoms with Crippen LogP contribution in [0.2, 0.25) is 0 Å². The van der Waals surface area contributed by atoms with E-state index in [0.717, 1.165) is 44.5 Å². The summed E-state index contributed by atoms with van der Waals surface area (Å²) in [6, 6.07) is 19.5. The first-order valence-corrected chi connectivity index (χ1v) is 7.74. The number of hydrogen-bond acceptors (Lipinski definition) is 3. The molecule has 3 nitrogen and oxygen atoms in total. The molecule has 118 valence electrons. The number of rotatable bonds is 4. The standard InChI is InChI=1S/C21H16O3/c1-23-15-10-7-14(8-11-15)18-20(21(18)22)19-16-6-4-3-5-13(16)9-12-17(19)24-2/h3-12H,1-2H3. The SMILES string of the molecule is COc1ccc(-c2c(-c3c(OC)ccc4ccccc34)c2=O)cc1. The molecule has 4 aromatic carbocycles. The topological polar surface area (TPSA) is 35.5 Å². The molecule has 0 amide bonds. The molecule has 0 aliphatic rings. The van der Waals surface area contributed by atoms with Gasteiger partial charge in [0.2, 0.25) is 0 Å². The van der Waals surface area contributed by atoms with Gasteiger partial charge >= 0.3 is 0 Å². The van der Waals surface area contributed by atoms with Crippen LogP contribution in [0.25, 0.3) is 33.0 Å². The number of ether oxygens (including phenoxy) is 2. The van der Waals surface area contributed by atoms with Crippen molar-refractivity contribution in [2.24, 2.45) is 0 Å². The minimum absolute atomic E-state index is 0.0785. The lowest BCUT2D eigenvalue weighted by molar-refractivity contribution is 0.415. The molecule has 0 aliphatic heterocycles. The van der Waals surface area contributed by atoms with Gasteiger partial charge in [0.15, 0.2) is 5.43 Å². The number of benzene rings is 3. The van der Waals surface area contributed by atoms with Crippen LogP contribution in [0.4, 0.5) is 0 Å². The van der Waals surface area contributed by atoms with E-state index in [-0.39, 0.29) is 5.43 Å². The van der Waals surface area contributed by atoms with E-state index in [1.54, 1.807) is 14.2 Å². The highest BCUT2D eigenvalue weighted by molar-refractivity contribution is 6.07. The largest absolute Gasteiger partial charge is 0.497 e. The van der Waals surface area contributed by atoms with Crippen molar-refractivity contribution in [2.45, 2.75) is 0 Å². The molecule has 0 N–H and O–H groups in total. The smallest absolute Gasteiger partial charge is 0.195 e. The van der Waals surface area contributed by atoms with Crippen molar-refractivity contribution in [1.82, 2.24) is 0 Å². The second-order valence-electron chi connectivity index (χ2n) is 5.67. The molecule has 0 bridgehead atoms. The lowest BCUT2D eigenvalue weighted by Crippen LogP contribution is -1.89. The maximum absolute atomic E-state index is 12.5. The predicted octanol–water partition coefficient (Wildman–Crippen LogP) is 4.43. The van der Waals surface area contributed by atoms with E-state index in [0.29, 0.717) is 0 Å². The van der Waals surface area contributed by atoms with Gasteiger partial charge in [-0.25, -0.2) is 0 Å². The van der Waals surface area contributed by atoms with Crippen LogP contribution in [0, 0.1) is 0 Å². The minimum Gasteiger partial charge on any atom is -0.497 e. The average molecular weight is 316 g/mol. The van der Waals surface area contributed by atoms with E-state index < -0.39 is 0 Å². The third kappa shape index (κ3) is 2.17. The van der Waals surface area contributed by atoms with Crippen molar-refractivity contribution < 1.29 is 9.47 Å². The van der Waals surface area contributed by atoms with Gasteiger partial charge in [0.25, 0.3) is 0 Å². The molecule has 3 heteroatoms. The van der Waals surface area contributed by atoms with E-state index in [2.05, 4.69) is 0 Å². The van der Waals surface area contributed by atoms with Gasteiger partial charge in [0.1, 0.15) is 11.5 Å². The molecule has 4 aromatic rings. The van der Waals surface area contributed by atoms with Crippen LogP contribution in [0.1, 0.15) is 0 Å². The van der Waals surface area contributed by atoms with Gasteiger partial charge in [-0.15, -0.1) is 0 Å². The molecule has 0 aliphatic carbocycles. The highest BCUT2D eigenvalue weighted by Gasteiger charge is 2.29. The van der Waals surface area contributed by atoms with E-state index >= 15 is 0 Å². The zero-order chi connectivity index (χ0) is 16.7. The Morgan fingerprint density at radius 1 is 0.708 bits per heavy atom. The van der Waals surface area contributed by atoms with Crippen LogP contribution in [-0.2, 0) is 0 Å². The Morgan fingerprint density at radius 3 is 2.17 bits per heavy atom. The molecule has 24 heavy (non-hydrogen) atoms. The summed E-state index contributed by atoms with van der Waals surface area (Å²) in [4.78, 5) is 12.5. The molecule has 0 atom stereocenters. The van der Waals surface area contributed by atoms with Crippen molar-refractivity contribution in [3.63, 3.8) is 0 Å². The highest BCUT2D eigenvalue weighted by atomic mass is 16.5. The van der Waals surface area contributed by atoms with Crippen molar-refractivity contribution in [3.05, 3.63) is 70.9 Å². The van der Waals surface area contributed by atoms with Crippen LogP contribution < -0.4 is 14.9 Å². The molecule has 0 unspecified atom stereocenters. The fraction of sp³-hybridized carbons (Fsp3) is 0.0952. The van der Waals surface area contributed by atoms with Gasteiger partial charge in [0, 0.05) is 16.7 Å². The Labute approximate surface area is 139 Å². The summed E-state index contributed by atoms with van der Waals surface area (Å²) in [7, 11) is 3.26. The van der Waals surface area contributed by atoms with Crippen molar-refractivity contribution in [2.75, 3.05) is 14.2 Å². The van der Waals surface area contributed by atoms with Crippen LogP contribution in [0.15, 0.2) is 65.5 Å². The normalized spacial score (nSPS) is 11.1. The second-order valence-corrected chi connectivity index (χ2v) is 5.67. The van der Waals surface area contributed by atoms with Crippen LogP contribution >= 0.6 is 0 Å². The minimum atomic E-state index is 0.0785. The monoisotopic (exact) mass is 316 g/mol. The van der Waals surface area contributed by atoms with E-state index in [1.165, 1.54) is 0 Å². The Bertz CT molecular complexity index is 1040. The third-order valence-corrected chi connectivity index (χ3v) is 4.38. The molecule has 0 radical (unpaired) electrons. The first-order valence-electron chi connectivity index (χ1n) is 7.74. The summed E-state index contributed by atoms with van der Waals surface area (Å²) < 4.78 is 10.7. The van der Waals surface area contributed by atoms with E-state index in [1.807, 2.05) is 60.7 Å². The van der Waals surface area contributed by atoms with E-state index in [9.17, 15) is 4.79 Å². The molecule has 0 spiro atoms. The van der Waals surface area contributed by atoms with Gasteiger partial charge in [-0.3, -0.25) is 4.79 Å². The fourth-order valence-electron chi connectivity index (χ4n) is 3.12. The lowest BCUT2D eigenvalue weighted by Gasteiger charge is -2.09. The van der Waals surface area contributed by atoms with Crippen molar-refractivity contribution in [1.29, 1.82) is 0 Å². The Kier molecular flexibility index (Phi) is 3.35. The second kappa shape index (κ2) is 5.53. The van der Waals surface area contributed by atoms with Crippen LogP contribution in [0.5, 0.6) is 11.5 Å². The summed E-state index contributed by atoms with van der Waals surface area (Å²) >= 11 is 0. The van der Waals surface area contributed by atoms with Crippen molar-refractivity contribution in [3.8, 4) is 33.8 Å². The molecule has 0 fully saturated rings. The zero-order valence-corrected chi connectivity index (χ0v) is 13.5. The number of fused-ring (bicyclic) bond motifs is 1. The molecule has 0 heterocycles. The lowest BCUT2D eigenvalue weighted by atomic mass is 10.0. The van der Waals surface area contributed by atoms with Gasteiger partial charge in [-0.05, 0) is 34.5 Å². The molecule has 0 saturated heterocycles. The summed E-state index contributed by atoms with van der Waals surface area (Å²) in [5, 5.41) is 2.12. The predicted molar refractivity (Wildman–Crippen MR) is 96.6 cm³/mol. The Morgan fingerprint density at radius 2 is 1.46 bits per heavy atom. The highest BCUT2D eigenvalue weighted by Crippen LogP contribution is 2.43. The van der Waals surface area contributed by atoms with Gasteiger partial charge in [-0.1, -0.05) is 42.5 Å². The third-order valence-electron chi connectivity index (χ3n) is 4.38. The average Bonchev–Trinajstić information content (AvgIpc) is 3.31. The van der Waals surface area contributed by atoms with E-state index in [4.69, 9.17) is 9.47 Å². The summed E-state index contributed by atoms with van der Waals surface area (Å²) in [6.07, 6.45) is 0. The van der Waals surface area contributed by atoms with Crippen LogP contribution in [-0.4, -0.2) is 14.2 Å². The number of methoxy groups -OCH3 is 2. The quantitative estimate of drug-likeness (QED) is 0.559. The Hall–Kier alpha value is -3.07. The van der Waals surface area contributed by atoms with Crippen molar-refractivity contribution >= 4 is 10.8 Å². The van der Waals surface area contributed by atoms with Gasteiger partial charge < -0.3 is 9.47 Å². The van der Waals surface area contributed by atoms with Gasteiger partial charge in [0.05, 0.1) is 14.2 Å². The maximum Gasteiger partial charge on any atom is 0.195 e. The molecular formula is C21H16O3. The first kappa shape index (κ1) is 14.5. The molecule has 0 aromatic heterocycles. The zero-order valence-electron chi connectivity index (χ0n) is 13.5. The molecule has 0 saturated carbocycles. The first-order chi connectivity index (χ1) is 11.7. The number of hydrogen-bond donors (Lipinski definition) is 0. The fourth-order valence-corrected chi connectivity index (χ4v) is 3.12.